The summed E-state index contributed by atoms with van der Waals surface area (Å²) in [6, 6.07) is 6.06. The van der Waals surface area contributed by atoms with Crippen LogP contribution >= 0.6 is 24.0 Å². The van der Waals surface area contributed by atoms with Gasteiger partial charge in [-0.3, -0.25) is 0 Å². The maximum atomic E-state index is 5.79. The van der Waals surface area contributed by atoms with Crippen molar-refractivity contribution in [3.63, 3.8) is 0 Å². The Labute approximate surface area is 107 Å². The average molecular weight is 254 g/mol. The molecule has 16 heavy (non-hydrogen) atoms. The van der Waals surface area contributed by atoms with E-state index in [1.54, 1.807) is 11.8 Å². The van der Waals surface area contributed by atoms with Crippen molar-refractivity contribution in [3.8, 4) is 0 Å². The first-order valence-corrected chi connectivity index (χ1v) is 6.73. The lowest BCUT2D eigenvalue weighted by Crippen LogP contribution is -2.28. The molecule has 0 aliphatic heterocycles. The van der Waals surface area contributed by atoms with Gasteiger partial charge in [0, 0.05) is 21.7 Å². The summed E-state index contributed by atoms with van der Waals surface area (Å²) in [4.78, 5) is 1.55. The van der Waals surface area contributed by atoms with Crippen molar-refractivity contribution in [1.29, 1.82) is 0 Å². The van der Waals surface area contributed by atoms with Gasteiger partial charge in [0.2, 0.25) is 0 Å². The lowest BCUT2D eigenvalue weighted by molar-refractivity contribution is 0.633. The van der Waals surface area contributed by atoms with Crippen LogP contribution in [0.2, 0.25) is 0 Å². The second kappa shape index (κ2) is 5.06. The molecule has 1 aromatic carbocycles. The van der Waals surface area contributed by atoms with Crippen molar-refractivity contribution in [1.82, 2.24) is 0 Å². The van der Waals surface area contributed by atoms with E-state index in [0.29, 0.717) is 4.99 Å². The van der Waals surface area contributed by atoms with Crippen molar-refractivity contribution in [2.24, 2.45) is 5.73 Å². The predicted molar refractivity (Wildman–Crippen MR) is 77.5 cm³/mol. The smallest absolute Gasteiger partial charge is 0.107 e. The van der Waals surface area contributed by atoms with Gasteiger partial charge >= 0.3 is 0 Å². The van der Waals surface area contributed by atoms with Crippen molar-refractivity contribution in [2.75, 3.05) is 11.6 Å². The Bertz CT molecular complexity index is 394. The van der Waals surface area contributed by atoms with Gasteiger partial charge in [0.15, 0.2) is 0 Å². The molecule has 0 radical (unpaired) electrons. The highest BCUT2D eigenvalue weighted by molar-refractivity contribution is 7.98. The zero-order valence-corrected chi connectivity index (χ0v) is 11.8. The molecule has 0 aliphatic rings. The van der Waals surface area contributed by atoms with E-state index in [4.69, 9.17) is 18.0 Å². The van der Waals surface area contributed by atoms with Gasteiger partial charge in [0.25, 0.3) is 0 Å². The van der Waals surface area contributed by atoms with Gasteiger partial charge in [-0.2, -0.15) is 0 Å². The van der Waals surface area contributed by atoms with Crippen LogP contribution in [0.3, 0.4) is 0 Å². The second-order valence-corrected chi connectivity index (χ2v) is 5.91. The number of nitrogens with two attached hydrogens (primary N) is 1. The fourth-order valence-electron chi connectivity index (χ4n) is 1.46. The standard InChI is InChI=1S/C12H18N2S2/c1-12(2,3)14-8-6-5-7-9(16-4)10(8)11(13)15/h5-7,14H,1-4H3,(H2,13,15). The van der Waals surface area contributed by atoms with Crippen LogP contribution in [0.15, 0.2) is 23.1 Å². The number of anilines is 1. The molecule has 0 aliphatic carbocycles. The Hall–Kier alpha value is -0.740. The monoisotopic (exact) mass is 254 g/mol. The second-order valence-electron chi connectivity index (χ2n) is 4.62. The van der Waals surface area contributed by atoms with E-state index < -0.39 is 0 Å². The first kappa shape index (κ1) is 13.3. The zero-order valence-electron chi connectivity index (χ0n) is 10.1. The molecule has 0 fully saturated rings. The molecule has 88 valence electrons. The number of hydrogen-bond acceptors (Lipinski definition) is 3. The topological polar surface area (TPSA) is 38.0 Å². The Morgan fingerprint density at radius 2 is 2.00 bits per heavy atom. The molecule has 0 bridgehead atoms. The van der Waals surface area contributed by atoms with Crippen molar-refractivity contribution >= 4 is 34.7 Å². The van der Waals surface area contributed by atoms with Crippen LogP contribution in [0.5, 0.6) is 0 Å². The molecule has 0 aromatic heterocycles. The Morgan fingerprint density at radius 1 is 1.38 bits per heavy atom. The molecule has 0 unspecified atom stereocenters. The number of rotatable bonds is 3. The third kappa shape index (κ3) is 3.39. The maximum Gasteiger partial charge on any atom is 0.107 e. The van der Waals surface area contributed by atoms with Crippen LogP contribution < -0.4 is 11.1 Å². The molecule has 1 aromatic rings. The average Bonchev–Trinajstić information content (AvgIpc) is 2.14. The fourth-order valence-corrected chi connectivity index (χ4v) is 2.39. The van der Waals surface area contributed by atoms with Crippen LogP contribution in [0.4, 0.5) is 5.69 Å². The summed E-state index contributed by atoms with van der Waals surface area (Å²) in [5.41, 5.74) is 7.74. The van der Waals surface area contributed by atoms with Gasteiger partial charge in [0.05, 0.1) is 0 Å². The van der Waals surface area contributed by atoms with Crippen molar-refractivity contribution in [2.45, 2.75) is 31.2 Å². The lowest BCUT2D eigenvalue weighted by Gasteiger charge is -2.24. The third-order valence-electron chi connectivity index (χ3n) is 2.00. The highest BCUT2D eigenvalue weighted by Crippen LogP contribution is 2.28. The van der Waals surface area contributed by atoms with E-state index in [9.17, 15) is 0 Å². The van der Waals surface area contributed by atoms with Gasteiger partial charge < -0.3 is 11.1 Å². The number of thiocarbonyl (C=S) groups is 1. The molecule has 0 heterocycles. The molecular weight excluding hydrogens is 236 g/mol. The van der Waals surface area contributed by atoms with E-state index in [1.165, 1.54) is 0 Å². The van der Waals surface area contributed by atoms with Gasteiger partial charge in [-0.25, -0.2) is 0 Å². The van der Waals surface area contributed by atoms with Gasteiger partial charge in [-0.05, 0) is 39.2 Å². The van der Waals surface area contributed by atoms with Crippen LogP contribution in [-0.4, -0.2) is 16.8 Å². The predicted octanol–water partition coefficient (Wildman–Crippen LogP) is 3.25. The summed E-state index contributed by atoms with van der Waals surface area (Å²) in [7, 11) is 0. The number of benzene rings is 1. The quantitative estimate of drug-likeness (QED) is 0.641. The molecule has 0 saturated carbocycles. The molecule has 2 nitrogen and oxygen atoms in total. The Kier molecular flexibility index (Phi) is 4.21. The minimum absolute atomic E-state index is 0.00341. The summed E-state index contributed by atoms with van der Waals surface area (Å²) in [5.74, 6) is 0. The molecule has 0 amide bonds. The van der Waals surface area contributed by atoms with Gasteiger partial charge in [-0.1, -0.05) is 18.3 Å². The lowest BCUT2D eigenvalue weighted by atomic mass is 10.1. The van der Waals surface area contributed by atoms with Crippen LogP contribution in [0, 0.1) is 0 Å². The van der Waals surface area contributed by atoms with Gasteiger partial charge in [0.1, 0.15) is 4.99 Å². The highest BCUT2D eigenvalue weighted by atomic mass is 32.2. The van der Waals surface area contributed by atoms with Crippen molar-refractivity contribution < 1.29 is 0 Å². The van der Waals surface area contributed by atoms with E-state index in [1.807, 2.05) is 24.5 Å². The van der Waals surface area contributed by atoms with E-state index in [0.717, 1.165) is 16.1 Å². The fraction of sp³-hybridized carbons (Fsp3) is 0.417. The maximum absolute atomic E-state index is 5.79. The minimum Gasteiger partial charge on any atom is -0.389 e. The molecular formula is C12H18N2S2. The number of nitrogens with one attached hydrogen (secondary N) is 1. The normalized spacial score (nSPS) is 11.2. The van der Waals surface area contributed by atoms with Gasteiger partial charge in [-0.15, -0.1) is 11.8 Å². The summed E-state index contributed by atoms with van der Waals surface area (Å²) < 4.78 is 0. The number of hydrogen-bond donors (Lipinski definition) is 2. The third-order valence-corrected chi connectivity index (χ3v) is 2.99. The Morgan fingerprint density at radius 3 is 2.44 bits per heavy atom. The van der Waals surface area contributed by atoms with Crippen molar-refractivity contribution in [3.05, 3.63) is 23.8 Å². The Balaban J connectivity index is 3.22. The summed E-state index contributed by atoms with van der Waals surface area (Å²) >= 11 is 6.77. The van der Waals surface area contributed by atoms with Crippen LogP contribution in [0.1, 0.15) is 26.3 Å². The summed E-state index contributed by atoms with van der Waals surface area (Å²) in [6.07, 6.45) is 2.03. The molecule has 3 N–H and O–H groups in total. The first-order valence-electron chi connectivity index (χ1n) is 5.10. The molecule has 0 saturated heterocycles. The SMILES string of the molecule is CSc1cccc(NC(C)(C)C)c1C(N)=S. The van der Waals surface area contributed by atoms with Crippen LogP contribution in [-0.2, 0) is 0 Å². The first-order chi connectivity index (χ1) is 7.35. The van der Waals surface area contributed by atoms with Crippen LogP contribution in [0.25, 0.3) is 0 Å². The largest absolute Gasteiger partial charge is 0.389 e. The molecule has 4 heteroatoms. The van der Waals surface area contributed by atoms with E-state index >= 15 is 0 Å². The minimum atomic E-state index is -0.00341. The zero-order chi connectivity index (χ0) is 12.3. The molecule has 1 rings (SSSR count). The van der Waals surface area contributed by atoms with E-state index in [2.05, 4.69) is 26.1 Å². The summed E-state index contributed by atoms with van der Waals surface area (Å²) in [5, 5.41) is 3.42. The summed E-state index contributed by atoms with van der Waals surface area (Å²) in [6.45, 7) is 6.34. The van der Waals surface area contributed by atoms with E-state index in [-0.39, 0.29) is 5.54 Å². The molecule has 0 atom stereocenters. The molecule has 0 spiro atoms. The number of thioether (sulfide) groups is 1. The highest BCUT2D eigenvalue weighted by Gasteiger charge is 2.15.